The zero-order valence-corrected chi connectivity index (χ0v) is 18.4. The lowest BCUT2D eigenvalue weighted by Crippen LogP contribution is -2.34. The molecule has 3 aliphatic rings. The summed E-state index contributed by atoms with van der Waals surface area (Å²) in [5.41, 5.74) is 1.04. The summed E-state index contributed by atoms with van der Waals surface area (Å²) in [5, 5.41) is 27.4. The topological polar surface area (TPSA) is 144 Å². The Balaban J connectivity index is 1.25. The van der Waals surface area contributed by atoms with Crippen molar-refractivity contribution in [2.75, 3.05) is 24.3 Å². The maximum atomic E-state index is 12.2. The van der Waals surface area contributed by atoms with Crippen molar-refractivity contribution in [3.05, 3.63) is 12.7 Å². The van der Waals surface area contributed by atoms with E-state index in [1.165, 1.54) is 12.7 Å². The molecule has 32 heavy (non-hydrogen) atoms. The van der Waals surface area contributed by atoms with Gasteiger partial charge in [-0.2, -0.15) is 0 Å². The van der Waals surface area contributed by atoms with Crippen molar-refractivity contribution in [1.29, 1.82) is 0 Å². The van der Waals surface area contributed by atoms with Crippen molar-refractivity contribution < 1.29 is 24.5 Å². The van der Waals surface area contributed by atoms with Gasteiger partial charge in [-0.3, -0.25) is 9.36 Å². The molecule has 0 radical (unpaired) electrons. The van der Waals surface area contributed by atoms with E-state index in [-0.39, 0.29) is 23.1 Å². The molecular formula is C20H28N6O5S. The Hall–Kier alpha value is -1.99. The third-order valence-corrected chi connectivity index (χ3v) is 7.17. The van der Waals surface area contributed by atoms with Gasteiger partial charge in [0.2, 0.25) is 0 Å². The van der Waals surface area contributed by atoms with E-state index in [1.54, 1.807) is 4.57 Å². The summed E-state index contributed by atoms with van der Waals surface area (Å²) >= 11 is 1.07. The molecule has 0 bridgehead atoms. The number of aliphatic hydroxyl groups excluding tert-OH is 2. The highest BCUT2D eigenvalue weighted by atomic mass is 32.2. The number of nitrogens with zero attached hydrogens (tertiary/aromatic N) is 4. The van der Waals surface area contributed by atoms with Crippen LogP contribution in [0.15, 0.2) is 12.7 Å². The van der Waals surface area contributed by atoms with Gasteiger partial charge in [0.25, 0.3) is 5.24 Å². The first-order chi connectivity index (χ1) is 15.6. The van der Waals surface area contributed by atoms with E-state index in [4.69, 9.17) is 9.47 Å². The number of ether oxygens (including phenoxy) is 2. The van der Waals surface area contributed by atoms with Gasteiger partial charge in [0.15, 0.2) is 23.2 Å². The van der Waals surface area contributed by atoms with Crippen LogP contribution in [0.4, 0.5) is 10.6 Å². The van der Waals surface area contributed by atoms with E-state index in [0.29, 0.717) is 30.2 Å². The van der Waals surface area contributed by atoms with E-state index < -0.39 is 24.5 Å². The van der Waals surface area contributed by atoms with Crippen LogP contribution in [0.5, 0.6) is 0 Å². The maximum Gasteiger partial charge on any atom is 0.279 e. The molecule has 12 heteroatoms. The largest absolute Gasteiger partial charge is 0.387 e. The number of aliphatic hydroxyl groups is 2. The number of nitrogens with one attached hydrogen (secondary N) is 2. The highest BCUT2D eigenvalue weighted by Gasteiger charge is 2.44. The molecule has 11 nitrogen and oxygen atoms in total. The fraction of sp³-hybridized carbons (Fsp3) is 0.700. The van der Waals surface area contributed by atoms with Crippen molar-refractivity contribution in [3.8, 4) is 0 Å². The van der Waals surface area contributed by atoms with E-state index in [1.807, 2.05) is 0 Å². The Bertz CT molecular complexity index is 948. The SMILES string of the molecule is O=C(NC1CCCC1)SC[C@H]1OC(n2cnc3c(N[C@@H]4CCOC4)ncnc32)[C@H](O)[C@@H]1O. The first kappa shape index (κ1) is 21.8. The number of fused-ring (bicyclic) bond motifs is 1. The van der Waals surface area contributed by atoms with Gasteiger partial charge in [-0.1, -0.05) is 24.6 Å². The number of carbonyl (C=O) groups is 1. The summed E-state index contributed by atoms with van der Waals surface area (Å²) in [6, 6.07) is 0.392. The number of thioether (sulfide) groups is 1. The standard InChI is InChI=1S/C20H28N6O5S/c27-15-13(8-32-20(29)25-11-3-1-2-4-11)31-19(16(15)28)26-10-23-14-17(21-9-22-18(14)26)24-12-5-6-30-7-12/h9-13,15-16,19,27-28H,1-8H2,(H,25,29)(H,21,22,24)/t12-,13-,15-,16-,19?/m1/s1. The van der Waals surface area contributed by atoms with E-state index >= 15 is 0 Å². The molecule has 1 aliphatic carbocycles. The minimum absolute atomic E-state index is 0.127. The maximum absolute atomic E-state index is 12.2. The lowest BCUT2D eigenvalue weighted by Gasteiger charge is -2.17. The molecule has 0 aromatic carbocycles. The van der Waals surface area contributed by atoms with Gasteiger partial charge in [-0.05, 0) is 19.3 Å². The van der Waals surface area contributed by atoms with Crippen LogP contribution in [-0.2, 0) is 9.47 Å². The molecule has 4 heterocycles. The first-order valence-electron chi connectivity index (χ1n) is 11.1. The molecule has 174 valence electrons. The van der Waals surface area contributed by atoms with E-state index in [9.17, 15) is 15.0 Å². The second kappa shape index (κ2) is 9.48. The molecule has 0 spiro atoms. The van der Waals surface area contributed by atoms with Crippen LogP contribution in [0.2, 0.25) is 0 Å². The molecule has 2 aromatic heterocycles. The van der Waals surface area contributed by atoms with Gasteiger partial charge in [0.05, 0.1) is 25.1 Å². The Morgan fingerprint density at radius 3 is 2.78 bits per heavy atom. The number of anilines is 1. The summed E-state index contributed by atoms with van der Waals surface area (Å²) in [5.74, 6) is 0.830. The van der Waals surface area contributed by atoms with E-state index in [2.05, 4.69) is 25.6 Å². The lowest BCUT2D eigenvalue weighted by atomic mass is 10.1. The number of rotatable bonds is 6. The van der Waals surface area contributed by atoms with Gasteiger partial charge < -0.3 is 30.3 Å². The van der Waals surface area contributed by atoms with Crippen molar-refractivity contribution in [2.24, 2.45) is 0 Å². The predicted molar refractivity (Wildman–Crippen MR) is 117 cm³/mol. The molecule has 1 unspecified atom stereocenters. The molecule has 1 amide bonds. The van der Waals surface area contributed by atoms with Crippen molar-refractivity contribution in [3.63, 3.8) is 0 Å². The fourth-order valence-corrected chi connectivity index (χ4v) is 5.36. The first-order valence-corrected chi connectivity index (χ1v) is 12.1. The average Bonchev–Trinajstić information content (AvgIpc) is 3.58. The van der Waals surface area contributed by atoms with E-state index in [0.717, 1.165) is 43.9 Å². The smallest absolute Gasteiger partial charge is 0.279 e. The molecular weight excluding hydrogens is 436 g/mol. The monoisotopic (exact) mass is 464 g/mol. The van der Waals surface area contributed by atoms with Crippen LogP contribution >= 0.6 is 11.8 Å². The Morgan fingerprint density at radius 1 is 1.16 bits per heavy atom. The highest BCUT2D eigenvalue weighted by molar-refractivity contribution is 8.13. The normalized spacial score (nSPS) is 30.9. The number of amides is 1. The average molecular weight is 465 g/mol. The van der Waals surface area contributed by atoms with Crippen molar-refractivity contribution >= 4 is 34.0 Å². The second-order valence-electron chi connectivity index (χ2n) is 8.52. The number of imidazole rings is 1. The van der Waals surface area contributed by atoms with Crippen LogP contribution < -0.4 is 10.6 Å². The van der Waals surface area contributed by atoms with Crippen LogP contribution in [0.25, 0.3) is 11.2 Å². The number of hydrogen-bond donors (Lipinski definition) is 4. The van der Waals surface area contributed by atoms with Crippen LogP contribution in [-0.4, -0.2) is 84.3 Å². The van der Waals surface area contributed by atoms with Crippen molar-refractivity contribution in [1.82, 2.24) is 24.8 Å². The lowest BCUT2D eigenvalue weighted by molar-refractivity contribution is -0.0288. The molecule has 4 N–H and O–H groups in total. The summed E-state index contributed by atoms with van der Waals surface area (Å²) in [6.07, 6.45) is 4.28. The molecule has 5 rings (SSSR count). The number of carbonyl (C=O) groups excluding carboxylic acids is 1. The minimum Gasteiger partial charge on any atom is -0.387 e. The minimum atomic E-state index is -1.18. The Labute approximate surface area is 189 Å². The van der Waals surface area contributed by atoms with Gasteiger partial charge >= 0.3 is 0 Å². The highest BCUT2D eigenvalue weighted by Crippen LogP contribution is 2.34. The summed E-state index contributed by atoms with van der Waals surface area (Å²) in [4.78, 5) is 25.2. The molecule has 1 saturated carbocycles. The summed E-state index contributed by atoms with van der Waals surface area (Å²) in [7, 11) is 0. The van der Waals surface area contributed by atoms with Gasteiger partial charge in [-0.25, -0.2) is 15.0 Å². The molecule has 3 fully saturated rings. The molecule has 2 aliphatic heterocycles. The predicted octanol–water partition coefficient (Wildman–Crippen LogP) is 1.03. The quantitative estimate of drug-likeness (QED) is 0.489. The zero-order chi connectivity index (χ0) is 22.1. The zero-order valence-electron chi connectivity index (χ0n) is 17.6. The Morgan fingerprint density at radius 2 is 2.00 bits per heavy atom. The van der Waals surface area contributed by atoms with Gasteiger partial charge in [-0.15, -0.1) is 0 Å². The fourth-order valence-electron chi connectivity index (χ4n) is 4.52. The van der Waals surface area contributed by atoms with Crippen molar-refractivity contribution in [2.45, 2.75) is 68.7 Å². The number of hydrogen-bond acceptors (Lipinski definition) is 10. The Kier molecular flexibility index (Phi) is 6.47. The molecule has 2 saturated heterocycles. The molecule has 5 atom stereocenters. The summed E-state index contributed by atoms with van der Waals surface area (Å²) in [6.45, 7) is 1.31. The van der Waals surface area contributed by atoms with Gasteiger partial charge in [0.1, 0.15) is 18.5 Å². The second-order valence-corrected chi connectivity index (χ2v) is 9.51. The third-order valence-electron chi connectivity index (χ3n) is 6.30. The van der Waals surface area contributed by atoms with Crippen LogP contribution in [0.1, 0.15) is 38.3 Å². The summed E-state index contributed by atoms with van der Waals surface area (Å²) < 4.78 is 13.0. The van der Waals surface area contributed by atoms with Crippen LogP contribution in [0, 0.1) is 0 Å². The molecule has 2 aromatic rings. The number of aromatic nitrogens is 4. The van der Waals surface area contributed by atoms with Crippen LogP contribution in [0.3, 0.4) is 0 Å². The van der Waals surface area contributed by atoms with Gasteiger partial charge in [0, 0.05) is 18.4 Å². The third kappa shape index (κ3) is 4.42.